The number of carbonyl (C=O) groups excluding carboxylic acids is 3. The SMILES string of the molecule is CCOC(=O)[C@@H]1[C@H]2C(=O)N(CCO)C(C(=O)NC(C)(C)C)C23CC[C@H]1O3. The van der Waals surface area contributed by atoms with Crippen LogP contribution in [-0.4, -0.2) is 70.8 Å². The molecule has 3 fully saturated rings. The fourth-order valence-corrected chi connectivity index (χ4v) is 4.75. The van der Waals surface area contributed by atoms with E-state index >= 15 is 0 Å². The Labute approximate surface area is 153 Å². The van der Waals surface area contributed by atoms with Crippen molar-refractivity contribution in [1.29, 1.82) is 0 Å². The molecule has 2 amide bonds. The van der Waals surface area contributed by atoms with Crippen LogP contribution >= 0.6 is 0 Å². The van der Waals surface area contributed by atoms with Crippen LogP contribution < -0.4 is 5.32 Å². The molecule has 1 spiro atoms. The van der Waals surface area contributed by atoms with E-state index in [1.807, 2.05) is 20.8 Å². The smallest absolute Gasteiger partial charge is 0.312 e. The first-order valence-corrected chi connectivity index (χ1v) is 9.24. The highest BCUT2D eigenvalue weighted by atomic mass is 16.6. The van der Waals surface area contributed by atoms with Crippen LogP contribution in [0.5, 0.6) is 0 Å². The van der Waals surface area contributed by atoms with Gasteiger partial charge in [0.25, 0.3) is 0 Å². The molecule has 8 nitrogen and oxygen atoms in total. The fourth-order valence-electron chi connectivity index (χ4n) is 4.75. The topological polar surface area (TPSA) is 105 Å². The molecule has 3 aliphatic rings. The summed E-state index contributed by atoms with van der Waals surface area (Å²) in [6.07, 6.45) is 0.748. The summed E-state index contributed by atoms with van der Waals surface area (Å²) >= 11 is 0. The number of carbonyl (C=O) groups is 3. The van der Waals surface area contributed by atoms with Crippen molar-refractivity contribution in [1.82, 2.24) is 10.2 Å². The third-order valence-electron chi connectivity index (χ3n) is 5.45. The fraction of sp³-hybridized carbons (Fsp3) is 0.833. The molecule has 26 heavy (non-hydrogen) atoms. The molecule has 2 bridgehead atoms. The van der Waals surface area contributed by atoms with Gasteiger partial charge < -0.3 is 24.8 Å². The summed E-state index contributed by atoms with van der Waals surface area (Å²) in [5.74, 6) is -2.49. The molecule has 5 atom stereocenters. The second kappa shape index (κ2) is 6.49. The van der Waals surface area contributed by atoms with E-state index in [1.54, 1.807) is 6.92 Å². The van der Waals surface area contributed by atoms with Crippen molar-refractivity contribution in [3.63, 3.8) is 0 Å². The summed E-state index contributed by atoms with van der Waals surface area (Å²) in [4.78, 5) is 40.0. The highest BCUT2D eigenvalue weighted by Gasteiger charge is 2.74. The molecule has 0 saturated carbocycles. The second-order valence-corrected chi connectivity index (χ2v) is 8.30. The van der Waals surface area contributed by atoms with Crippen molar-refractivity contribution < 1.29 is 29.0 Å². The van der Waals surface area contributed by atoms with Crippen molar-refractivity contribution in [2.45, 2.75) is 63.8 Å². The zero-order chi connectivity index (χ0) is 19.3. The number of β-amino-alcohol motifs (C(OH)–C–C–N with tert-alkyl or cyclic N) is 1. The van der Waals surface area contributed by atoms with Crippen LogP contribution in [-0.2, 0) is 23.9 Å². The van der Waals surface area contributed by atoms with E-state index in [-0.39, 0.29) is 31.6 Å². The number of nitrogens with one attached hydrogen (secondary N) is 1. The maximum absolute atomic E-state index is 13.1. The first-order valence-electron chi connectivity index (χ1n) is 9.24. The van der Waals surface area contributed by atoms with E-state index in [2.05, 4.69) is 5.32 Å². The molecule has 3 saturated heterocycles. The summed E-state index contributed by atoms with van der Waals surface area (Å²) in [6.45, 7) is 7.30. The number of ether oxygens (including phenoxy) is 2. The van der Waals surface area contributed by atoms with Gasteiger partial charge in [-0.3, -0.25) is 14.4 Å². The van der Waals surface area contributed by atoms with Crippen LogP contribution in [0, 0.1) is 11.8 Å². The van der Waals surface area contributed by atoms with Gasteiger partial charge in [0.2, 0.25) is 11.8 Å². The number of aliphatic hydroxyl groups excluding tert-OH is 1. The van der Waals surface area contributed by atoms with Gasteiger partial charge in [0.1, 0.15) is 11.6 Å². The highest BCUT2D eigenvalue weighted by Crippen LogP contribution is 2.58. The highest BCUT2D eigenvalue weighted by molar-refractivity contribution is 5.98. The van der Waals surface area contributed by atoms with Crippen LogP contribution in [0.4, 0.5) is 0 Å². The normalized spacial score (nSPS) is 35.6. The maximum atomic E-state index is 13.1. The number of amides is 2. The van der Waals surface area contributed by atoms with E-state index in [0.717, 1.165) is 0 Å². The van der Waals surface area contributed by atoms with Crippen molar-refractivity contribution >= 4 is 17.8 Å². The van der Waals surface area contributed by atoms with Gasteiger partial charge in [-0.05, 0) is 40.5 Å². The van der Waals surface area contributed by atoms with Gasteiger partial charge in [-0.15, -0.1) is 0 Å². The lowest BCUT2D eigenvalue weighted by atomic mass is 9.70. The van der Waals surface area contributed by atoms with Crippen molar-refractivity contribution in [3.8, 4) is 0 Å². The minimum absolute atomic E-state index is 0.0306. The number of likely N-dealkylation sites (tertiary alicyclic amines) is 1. The maximum Gasteiger partial charge on any atom is 0.312 e. The summed E-state index contributed by atoms with van der Waals surface area (Å²) in [7, 11) is 0. The van der Waals surface area contributed by atoms with E-state index < -0.39 is 41.1 Å². The Bertz CT molecular complexity index is 615. The third-order valence-corrected chi connectivity index (χ3v) is 5.45. The van der Waals surface area contributed by atoms with Crippen LogP contribution in [0.15, 0.2) is 0 Å². The Morgan fingerprint density at radius 3 is 2.69 bits per heavy atom. The summed E-state index contributed by atoms with van der Waals surface area (Å²) in [6, 6.07) is -0.851. The Kier molecular flexibility index (Phi) is 4.77. The predicted molar refractivity (Wildman–Crippen MR) is 90.9 cm³/mol. The molecule has 8 heteroatoms. The molecule has 3 rings (SSSR count). The van der Waals surface area contributed by atoms with Crippen molar-refractivity contribution in [2.24, 2.45) is 11.8 Å². The van der Waals surface area contributed by atoms with Gasteiger partial charge in [-0.2, -0.15) is 0 Å². The summed E-state index contributed by atoms with van der Waals surface area (Å²) in [5, 5.41) is 12.3. The molecule has 2 unspecified atom stereocenters. The average molecular weight is 368 g/mol. The molecule has 0 aliphatic carbocycles. The minimum Gasteiger partial charge on any atom is -0.466 e. The van der Waals surface area contributed by atoms with Crippen LogP contribution in [0.2, 0.25) is 0 Å². The van der Waals surface area contributed by atoms with Crippen LogP contribution in [0.1, 0.15) is 40.5 Å². The molecule has 0 radical (unpaired) electrons. The van der Waals surface area contributed by atoms with E-state index in [1.165, 1.54) is 4.90 Å². The Balaban J connectivity index is 1.98. The van der Waals surface area contributed by atoms with Gasteiger partial charge in [-0.1, -0.05) is 0 Å². The van der Waals surface area contributed by atoms with Crippen molar-refractivity contribution in [3.05, 3.63) is 0 Å². The Morgan fingerprint density at radius 2 is 2.12 bits per heavy atom. The molecule has 3 heterocycles. The number of hydrogen-bond donors (Lipinski definition) is 2. The lowest BCUT2D eigenvalue weighted by Crippen LogP contribution is -2.58. The molecule has 146 valence electrons. The molecule has 0 aromatic carbocycles. The monoisotopic (exact) mass is 368 g/mol. The Hall–Kier alpha value is -1.67. The standard InChI is InChI=1S/C18H28N2O6/c1-5-25-16(24)11-10-6-7-18(26-10)12(11)15(23)20(8-9-21)13(18)14(22)19-17(2,3)4/h10-13,21H,5-9H2,1-4H3,(H,19,22)/t10-,11+,12+,13?,18?/m1/s1. The zero-order valence-electron chi connectivity index (χ0n) is 15.8. The number of fused-ring (bicyclic) bond motifs is 1. The number of rotatable bonds is 5. The number of hydrogen-bond acceptors (Lipinski definition) is 6. The Morgan fingerprint density at radius 1 is 1.42 bits per heavy atom. The minimum atomic E-state index is -1.02. The number of nitrogens with zero attached hydrogens (tertiary/aromatic N) is 1. The van der Waals surface area contributed by atoms with Crippen LogP contribution in [0.25, 0.3) is 0 Å². The lowest BCUT2D eigenvalue weighted by Gasteiger charge is -2.35. The number of esters is 1. The summed E-state index contributed by atoms with van der Waals surface area (Å²) < 4.78 is 11.3. The molecular weight excluding hydrogens is 340 g/mol. The van der Waals surface area contributed by atoms with Gasteiger partial charge in [0, 0.05) is 12.1 Å². The lowest BCUT2D eigenvalue weighted by molar-refractivity contribution is -0.154. The van der Waals surface area contributed by atoms with E-state index in [0.29, 0.717) is 12.8 Å². The van der Waals surface area contributed by atoms with Crippen molar-refractivity contribution in [2.75, 3.05) is 19.8 Å². The van der Waals surface area contributed by atoms with Gasteiger partial charge in [0.15, 0.2) is 0 Å². The van der Waals surface area contributed by atoms with Gasteiger partial charge >= 0.3 is 5.97 Å². The molecule has 2 N–H and O–H groups in total. The van der Waals surface area contributed by atoms with E-state index in [4.69, 9.17) is 9.47 Å². The van der Waals surface area contributed by atoms with Crippen LogP contribution in [0.3, 0.4) is 0 Å². The second-order valence-electron chi connectivity index (χ2n) is 8.30. The molecule has 0 aromatic rings. The average Bonchev–Trinajstić information content (AvgIpc) is 3.14. The predicted octanol–water partition coefficient (Wildman–Crippen LogP) is -0.169. The molecule has 0 aromatic heterocycles. The van der Waals surface area contributed by atoms with Gasteiger partial charge in [0.05, 0.1) is 31.2 Å². The number of aliphatic hydroxyl groups is 1. The third kappa shape index (κ3) is 2.79. The molecular formula is C18H28N2O6. The molecule has 3 aliphatic heterocycles. The summed E-state index contributed by atoms with van der Waals surface area (Å²) in [5.41, 5.74) is -1.50. The quantitative estimate of drug-likeness (QED) is 0.653. The van der Waals surface area contributed by atoms with E-state index in [9.17, 15) is 19.5 Å². The zero-order valence-corrected chi connectivity index (χ0v) is 15.8. The first-order chi connectivity index (χ1) is 12.2. The van der Waals surface area contributed by atoms with Gasteiger partial charge in [-0.25, -0.2) is 0 Å². The first kappa shape index (κ1) is 19.1. The largest absolute Gasteiger partial charge is 0.466 e.